The van der Waals surface area contributed by atoms with Gasteiger partial charge in [-0.3, -0.25) is 4.99 Å². The van der Waals surface area contributed by atoms with Gasteiger partial charge in [0.25, 0.3) is 0 Å². The number of hydrogen-bond acceptors (Lipinski definition) is 2. The highest BCUT2D eigenvalue weighted by molar-refractivity contribution is 5.79. The van der Waals surface area contributed by atoms with E-state index in [0.717, 1.165) is 24.0 Å². The molecular weight excluding hydrogens is 336 g/mol. The van der Waals surface area contributed by atoms with Crippen LogP contribution in [0.25, 0.3) is 0 Å². The Labute approximate surface area is 152 Å². The van der Waals surface area contributed by atoms with Crippen LogP contribution in [-0.4, -0.2) is 26.7 Å². The number of halogens is 2. The predicted molar refractivity (Wildman–Crippen MR) is 98.5 cm³/mol. The summed E-state index contributed by atoms with van der Waals surface area (Å²) in [6.07, 6.45) is 1.89. The van der Waals surface area contributed by atoms with Crippen molar-refractivity contribution < 1.29 is 13.5 Å². The molecule has 3 rings (SSSR count). The number of aliphatic imine (C=N–C) groups is 1. The zero-order chi connectivity index (χ0) is 18.6. The van der Waals surface area contributed by atoms with Crippen molar-refractivity contribution in [2.75, 3.05) is 20.7 Å². The Hall–Kier alpha value is -2.63. The van der Waals surface area contributed by atoms with E-state index >= 15 is 0 Å². The number of rotatable bonds is 6. The van der Waals surface area contributed by atoms with Crippen molar-refractivity contribution in [3.05, 3.63) is 65.2 Å². The largest absolute Gasteiger partial charge is 0.494 e. The molecule has 4 nitrogen and oxygen atoms in total. The molecule has 0 saturated heterocycles. The van der Waals surface area contributed by atoms with Gasteiger partial charge in [-0.25, -0.2) is 8.78 Å². The molecule has 0 radical (unpaired) electrons. The zero-order valence-corrected chi connectivity index (χ0v) is 15.0. The highest BCUT2D eigenvalue weighted by atomic mass is 19.1. The molecule has 26 heavy (non-hydrogen) atoms. The fraction of sp³-hybridized carbons (Fsp3) is 0.350. The normalized spacial score (nSPS) is 15.5. The lowest BCUT2D eigenvalue weighted by molar-refractivity contribution is 0.386. The van der Waals surface area contributed by atoms with Crippen LogP contribution in [0.2, 0.25) is 0 Å². The Morgan fingerprint density at radius 2 is 1.88 bits per heavy atom. The Bertz CT molecular complexity index is 803. The minimum Gasteiger partial charge on any atom is -0.494 e. The third kappa shape index (κ3) is 3.95. The zero-order valence-electron chi connectivity index (χ0n) is 15.0. The van der Waals surface area contributed by atoms with Gasteiger partial charge < -0.3 is 15.4 Å². The van der Waals surface area contributed by atoms with E-state index in [9.17, 15) is 8.78 Å². The van der Waals surface area contributed by atoms with Crippen molar-refractivity contribution in [3.63, 3.8) is 0 Å². The number of ether oxygens (including phenoxy) is 1. The molecule has 1 saturated carbocycles. The van der Waals surface area contributed by atoms with Crippen LogP contribution < -0.4 is 15.4 Å². The molecular formula is C20H23F2N3O. The maximum absolute atomic E-state index is 14.1. The van der Waals surface area contributed by atoms with Gasteiger partial charge in [0, 0.05) is 25.6 Å². The maximum Gasteiger partial charge on any atom is 0.191 e. The van der Waals surface area contributed by atoms with Gasteiger partial charge in [-0.1, -0.05) is 24.3 Å². The predicted octanol–water partition coefficient (Wildman–Crippen LogP) is 3.37. The first-order valence-electron chi connectivity index (χ1n) is 8.60. The third-order valence-corrected chi connectivity index (χ3v) is 4.79. The van der Waals surface area contributed by atoms with Crippen molar-refractivity contribution in [1.82, 2.24) is 10.6 Å². The monoisotopic (exact) mass is 359 g/mol. The van der Waals surface area contributed by atoms with Crippen LogP contribution in [0.5, 0.6) is 5.75 Å². The summed E-state index contributed by atoms with van der Waals surface area (Å²) in [5, 5.41) is 6.41. The summed E-state index contributed by atoms with van der Waals surface area (Å²) in [7, 11) is 3.11. The summed E-state index contributed by atoms with van der Waals surface area (Å²) in [6.45, 7) is 1.03. The molecule has 138 valence electrons. The second kappa shape index (κ2) is 7.72. The SMILES string of the molecule is CN=C(NCc1ccc(OC)c(F)c1)NCC1(c2ccccc2F)CC1. The highest BCUT2D eigenvalue weighted by Crippen LogP contribution is 2.48. The Balaban J connectivity index is 1.57. The Morgan fingerprint density at radius 1 is 1.12 bits per heavy atom. The number of guanidine groups is 1. The van der Waals surface area contributed by atoms with Crippen LogP contribution >= 0.6 is 0 Å². The molecule has 6 heteroatoms. The van der Waals surface area contributed by atoms with Crippen molar-refractivity contribution >= 4 is 5.96 Å². The average molecular weight is 359 g/mol. The molecule has 0 unspecified atom stereocenters. The Kier molecular flexibility index (Phi) is 5.40. The molecule has 0 bridgehead atoms. The van der Waals surface area contributed by atoms with E-state index in [4.69, 9.17) is 4.74 Å². The number of methoxy groups -OCH3 is 1. The van der Waals surface area contributed by atoms with Gasteiger partial charge in [-0.15, -0.1) is 0 Å². The average Bonchev–Trinajstić information content (AvgIpc) is 3.43. The lowest BCUT2D eigenvalue weighted by atomic mass is 9.95. The standard InChI is InChI=1S/C20H23F2N3O/c1-23-19(24-12-14-7-8-18(26-2)17(22)11-14)25-13-20(9-10-20)15-5-3-4-6-16(15)21/h3-8,11H,9-10,12-13H2,1-2H3,(H2,23,24,25). The van der Waals surface area contributed by atoms with Crippen molar-refractivity contribution in [1.29, 1.82) is 0 Å². The van der Waals surface area contributed by atoms with Crippen LogP contribution in [0.3, 0.4) is 0 Å². The lowest BCUT2D eigenvalue weighted by Crippen LogP contribution is -2.41. The summed E-state index contributed by atoms with van der Waals surface area (Å²) < 4.78 is 32.8. The first kappa shape index (κ1) is 18.2. The van der Waals surface area contributed by atoms with E-state index in [0.29, 0.717) is 19.0 Å². The van der Waals surface area contributed by atoms with E-state index in [2.05, 4.69) is 15.6 Å². The quantitative estimate of drug-likeness (QED) is 0.614. The second-order valence-corrected chi connectivity index (χ2v) is 6.51. The van der Waals surface area contributed by atoms with Gasteiger partial charge >= 0.3 is 0 Å². The summed E-state index contributed by atoms with van der Waals surface area (Å²) in [6, 6.07) is 11.7. The molecule has 0 aromatic heterocycles. The van der Waals surface area contributed by atoms with Crippen LogP contribution in [0.4, 0.5) is 8.78 Å². The second-order valence-electron chi connectivity index (χ2n) is 6.51. The maximum atomic E-state index is 14.1. The van der Waals surface area contributed by atoms with E-state index in [1.54, 1.807) is 25.2 Å². The highest BCUT2D eigenvalue weighted by Gasteiger charge is 2.45. The van der Waals surface area contributed by atoms with E-state index in [1.165, 1.54) is 19.2 Å². The topological polar surface area (TPSA) is 45.7 Å². The Morgan fingerprint density at radius 3 is 2.50 bits per heavy atom. The minimum atomic E-state index is -0.397. The molecule has 0 atom stereocenters. The van der Waals surface area contributed by atoms with Crippen LogP contribution in [0.15, 0.2) is 47.5 Å². The van der Waals surface area contributed by atoms with Gasteiger partial charge in [0.15, 0.2) is 17.5 Å². The fourth-order valence-electron chi connectivity index (χ4n) is 3.06. The van der Waals surface area contributed by atoms with E-state index in [1.807, 2.05) is 12.1 Å². The van der Waals surface area contributed by atoms with E-state index < -0.39 is 5.82 Å². The summed E-state index contributed by atoms with van der Waals surface area (Å²) in [5.74, 6) is 0.260. The number of benzene rings is 2. The van der Waals surface area contributed by atoms with Gasteiger partial charge in [0.05, 0.1) is 7.11 Å². The minimum absolute atomic E-state index is 0.163. The molecule has 2 aromatic carbocycles. The lowest BCUT2D eigenvalue weighted by Gasteiger charge is -2.19. The van der Waals surface area contributed by atoms with Crippen LogP contribution in [-0.2, 0) is 12.0 Å². The summed E-state index contributed by atoms with van der Waals surface area (Å²) in [4.78, 5) is 4.19. The number of hydrogen-bond donors (Lipinski definition) is 2. The van der Waals surface area contributed by atoms with Crippen LogP contribution in [0.1, 0.15) is 24.0 Å². The first-order chi connectivity index (χ1) is 12.6. The third-order valence-electron chi connectivity index (χ3n) is 4.79. The molecule has 2 N–H and O–H groups in total. The summed E-state index contributed by atoms with van der Waals surface area (Å²) in [5.41, 5.74) is 1.36. The first-order valence-corrected chi connectivity index (χ1v) is 8.60. The van der Waals surface area contributed by atoms with Crippen molar-refractivity contribution in [2.24, 2.45) is 4.99 Å². The number of nitrogens with zero attached hydrogens (tertiary/aromatic N) is 1. The van der Waals surface area contributed by atoms with Crippen molar-refractivity contribution in [2.45, 2.75) is 24.8 Å². The molecule has 2 aromatic rings. The molecule has 1 aliphatic carbocycles. The van der Waals surface area contributed by atoms with E-state index in [-0.39, 0.29) is 17.0 Å². The molecule has 0 amide bonds. The molecule has 0 spiro atoms. The molecule has 0 heterocycles. The van der Waals surface area contributed by atoms with Crippen molar-refractivity contribution in [3.8, 4) is 5.75 Å². The molecule has 1 fully saturated rings. The smallest absolute Gasteiger partial charge is 0.191 e. The van der Waals surface area contributed by atoms with Gasteiger partial charge in [0.1, 0.15) is 5.82 Å². The fourth-order valence-corrected chi connectivity index (χ4v) is 3.06. The molecule has 0 aliphatic heterocycles. The van der Waals surface area contributed by atoms with Gasteiger partial charge in [0.2, 0.25) is 0 Å². The molecule has 1 aliphatic rings. The number of nitrogens with one attached hydrogen (secondary N) is 2. The summed E-state index contributed by atoms with van der Waals surface area (Å²) >= 11 is 0. The van der Waals surface area contributed by atoms with Gasteiger partial charge in [-0.2, -0.15) is 0 Å². The van der Waals surface area contributed by atoms with Gasteiger partial charge in [-0.05, 0) is 42.2 Å². The van der Waals surface area contributed by atoms with Crippen LogP contribution in [0, 0.1) is 11.6 Å².